The van der Waals surface area contributed by atoms with Crippen molar-refractivity contribution in [1.29, 1.82) is 0 Å². The fourth-order valence-corrected chi connectivity index (χ4v) is 1.60. The van der Waals surface area contributed by atoms with Crippen molar-refractivity contribution in [2.75, 3.05) is 0 Å². The lowest BCUT2D eigenvalue weighted by Gasteiger charge is -2.07. The molecule has 0 saturated heterocycles. The van der Waals surface area contributed by atoms with Crippen molar-refractivity contribution in [3.05, 3.63) is 52.8 Å². The fourth-order valence-electron chi connectivity index (χ4n) is 1.42. The highest BCUT2D eigenvalue weighted by Gasteiger charge is 2.04. The molecule has 0 bridgehead atoms. The number of nitrogens with zero attached hydrogens (tertiary/aromatic N) is 2. The number of imidazole rings is 1. The number of benzene rings is 1. The van der Waals surface area contributed by atoms with Crippen LogP contribution in [0.4, 0.5) is 4.39 Å². The number of aromatic nitrogens is 2. The van der Waals surface area contributed by atoms with Gasteiger partial charge in [-0.25, -0.2) is 9.37 Å². The number of hydrogen-bond donors (Lipinski definition) is 0. The van der Waals surface area contributed by atoms with E-state index in [0.29, 0.717) is 11.6 Å². The van der Waals surface area contributed by atoms with Crippen LogP contribution < -0.4 is 0 Å². The third-order valence-corrected chi connectivity index (χ3v) is 2.64. The van der Waals surface area contributed by atoms with Crippen LogP contribution >= 0.6 is 11.6 Å². The minimum absolute atomic E-state index is 0.271. The molecule has 0 aliphatic carbocycles. The van der Waals surface area contributed by atoms with Crippen molar-refractivity contribution in [2.45, 2.75) is 13.5 Å². The Balaban J connectivity index is 2.32. The molecule has 0 aliphatic heterocycles. The summed E-state index contributed by atoms with van der Waals surface area (Å²) in [4.78, 5) is 4.09. The topological polar surface area (TPSA) is 17.8 Å². The molecular formula is C11H10ClFN2. The quantitative estimate of drug-likeness (QED) is 0.767. The molecule has 2 aromatic rings. The highest BCUT2D eigenvalue weighted by atomic mass is 35.5. The van der Waals surface area contributed by atoms with Crippen LogP contribution in [0.2, 0.25) is 5.02 Å². The third kappa shape index (κ3) is 2.18. The predicted molar refractivity (Wildman–Crippen MR) is 57.5 cm³/mol. The molecule has 0 spiro atoms. The molecule has 1 aromatic heterocycles. The number of halogens is 2. The smallest absolute Gasteiger partial charge is 0.123 e. The molecule has 0 fully saturated rings. The Morgan fingerprint density at radius 1 is 1.47 bits per heavy atom. The summed E-state index contributed by atoms with van der Waals surface area (Å²) in [5, 5.41) is 0.574. The standard InChI is InChI=1S/C11H10ClFN2/c1-8-14-4-5-15(8)7-9-6-10(13)2-3-11(9)12/h2-6H,7H2,1H3. The monoisotopic (exact) mass is 224 g/mol. The summed E-state index contributed by atoms with van der Waals surface area (Å²) in [6.07, 6.45) is 3.55. The molecule has 0 radical (unpaired) electrons. The molecule has 0 saturated carbocycles. The van der Waals surface area contributed by atoms with E-state index in [1.807, 2.05) is 17.7 Å². The lowest BCUT2D eigenvalue weighted by molar-refractivity contribution is 0.623. The van der Waals surface area contributed by atoms with Gasteiger partial charge in [0.25, 0.3) is 0 Å². The first-order valence-electron chi connectivity index (χ1n) is 4.58. The lowest BCUT2D eigenvalue weighted by atomic mass is 10.2. The summed E-state index contributed by atoms with van der Waals surface area (Å²) in [6, 6.07) is 4.37. The van der Waals surface area contributed by atoms with Gasteiger partial charge in [-0.15, -0.1) is 0 Å². The lowest BCUT2D eigenvalue weighted by Crippen LogP contribution is -2.01. The minimum atomic E-state index is -0.271. The van der Waals surface area contributed by atoms with Gasteiger partial charge >= 0.3 is 0 Å². The first-order chi connectivity index (χ1) is 7.16. The first kappa shape index (κ1) is 10.2. The minimum Gasteiger partial charge on any atom is -0.331 e. The Kier molecular flexibility index (Phi) is 2.73. The van der Waals surface area contributed by atoms with E-state index >= 15 is 0 Å². The van der Waals surface area contributed by atoms with Crippen LogP contribution in [-0.2, 0) is 6.54 Å². The number of hydrogen-bond acceptors (Lipinski definition) is 1. The summed E-state index contributed by atoms with van der Waals surface area (Å²) >= 11 is 5.97. The second kappa shape index (κ2) is 4.03. The highest BCUT2D eigenvalue weighted by Crippen LogP contribution is 2.18. The molecule has 0 amide bonds. The van der Waals surface area contributed by atoms with E-state index in [9.17, 15) is 4.39 Å². The van der Waals surface area contributed by atoms with Crippen LogP contribution in [0.25, 0.3) is 0 Å². The van der Waals surface area contributed by atoms with Crippen molar-refractivity contribution < 1.29 is 4.39 Å². The molecular weight excluding hydrogens is 215 g/mol. The molecule has 0 N–H and O–H groups in total. The second-order valence-electron chi connectivity index (χ2n) is 3.34. The Morgan fingerprint density at radius 3 is 2.93 bits per heavy atom. The van der Waals surface area contributed by atoms with E-state index in [-0.39, 0.29) is 5.82 Å². The summed E-state index contributed by atoms with van der Waals surface area (Å²) in [7, 11) is 0. The van der Waals surface area contributed by atoms with Gasteiger partial charge < -0.3 is 4.57 Å². The van der Waals surface area contributed by atoms with E-state index in [1.165, 1.54) is 12.1 Å². The SMILES string of the molecule is Cc1nccn1Cc1cc(F)ccc1Cl. The Hall–Kier alpha value is -1.35. The van der Waals surface area contributed by atoms with Gasteiger partial charge in [-0.2, -0.15) is 0 Å². The summed E-state index contributed by atoms with van der Waals surface area (Å²) in [5.41, 5.74) is 0.762. The largest absolute Gasteiger partial charge is 0.331 e. The van der Waals surface area contributed by atoms with Gasteiger partial charge in [0.15, 0.2) is 0 Å². The number of aryl methyl sites for hydroxylation is 1. The second-order valence-corrected chi connectivity index (χ2v) is 3.75. The van der Waals surface area contributed by atoms with E-state index in [4.69, 9.17) is 11.6 Å². The molecule has 4 heteroatoms. The maximum Gasteiger partial charge on any atom is 0.123 e. The van der Waals surface area contributed by atoms with Gasteiger partial charge in [-0.3, -0.25) is 0 Å². The normalized spacial score (nSPS) is 10.6. The maximum atomic E-state index is 13.0. The van der Waals surface area contributed by atoms with Crippen LogP contribution in [0, 0.1) is 12.7 Å². The van der Waals surface area contributed by atoms with Gasteiger partial charge in [-0.1, -0.05) is 11.6 Å². The molecule has 1 heterocycles. The molecule has 0 atom stereocenters. The van der Waals surface area contributed by atoms with Crippen molar-refractivity contribution in [1.82, 2.24) is 9.55 Å². The maximum absolute atomic E-state index is 13.0. The Bertz CT molecular complexity index is 479. The van der Waals surface area contributed by atoms with Gasteiger partial charge in [0.1, 0.15) is 11.6 Å². The van der Waals surface area contributed by atoms with E-state index in [0.717, 1.165) is 11.4 Å². The summed E-state index contributed by atoms with van der Waals surface area (Å²) < 4.78 is 14.9. The third-order valence-electron chi connectivity index (χ3n) is 2.27. The average molecular weight is 225 g/mol. The zero-order chi connectivity index (χ0) is 10.8. The zero-order valence-corrected chi connectivity index (χ0v) is 9.00. The van der Waals surface area contributed by atoms with Crippen molar-refractivity contribution in [2.24, 2.45) is 0 Å². The van der Waals surface area contributed by atoms with Crippen molar-refractivity contribution in [3.8, 4) is 0 Å². The molecule has 0 aliphatic rings. The van der Waals surface area contributed by atoms with Gasteiger partial charge in [-0.05, 0) is 30.7 Å². The highest BCUT2D eigenvalue weighted by molar-refractivity contribution is 6.31. The molecule has 1 aromatic carbocycles. The van der Waals surface area contributed by atoms with Gasteiger partial charge in [0.05, 0.1) is 6.54 Å². The Labute approximate surface area is 92.3 Å². The Morgan fingerprint density at radius 2 is 2.27 bits per heavy atom. The predicted octanol–water partition coefficient (Wildman–Crippen LogP) is 3.03. The zero-order valence-electron chi connectivity index (χ0n) is 8.24. The van der Waals surface area contributed by atoms with E-state index in [2.05, 4.69) is 4.98 Å². The molecule has 2 nitrogen and oxygen atoms in total. The molecule has 15 heavy (non-hydrogen) atoms. The number of rotatable bonds is 2. The summed E-state index contributed by atoms with van der Waals surface area (Å²) in [5.74, 6) is 0.613. The van der Waals surface area contributed by atoms with E-state index < -0.39 is 0 Å². The van der Waals surface area contributed by atoms with Crippen LogP contribution in [0.3, 0.4) is 0 Å². The summed E-state index contributed by atoms with van der Waals surface area (Å²) in [6.45, 7) is 2.44. The van der Waals surface area contributed by atoms with Crippen molar-refractivity contribution in [3.63, 3.8) is 0 Å². The van der Waals surface area contributed by atoms with Gasteiger partial charge in [0.2, 0.25) is 0 Å². The first-order valence-corrected chi connectivity index (χ1v) is 4.96. The van der Waals surface area contributed by atoms with Crippen LogP contribution in [0.5, 0.6) is 0 Å². The molecule has 0 unspecified atom stereocenters. The molecule has 78 valence electrons. The fraction of sp³-hybridized carbons (Fsp3) is 0.182. The average Bonchev–Trinajstić information content (AvgIpc) is 2.58. The van der Waals surface area contributed by atoms with Crippen LogP contribution in [0.1, 0.15) is 11.4 Å². The van der Waals surface area contributed by atoms with Crippen LogP contribution in [-0.4, -0.2) is 9.55 Å². The van der Waals surface area contributed by atoms with Gasteiger partial charge in [0, 0.05) is 17.4 Å². The molecule has 2 rings (SSSR count). The van der Waals surface area contributed by atoms with E-state index in [1.54, 1.807) is 12.3 Å². The van der Waals surface area contributed by atoms with Crippen LogP contribution in [0.15, 0.2) is 30.6 Å². The van der Waals surface area contributed by atoms with Crippen molar-refractivity contribution >= 4 is 11.6 Å².